The van der Waals surface area contributed by atoms with Crippen LogP contribution in [0.25, 0.3) is 10.9 Å². The second-order valence-electron chi connectivity index (χ2n) is 9.04. The molecular formula is C25H33N5O. The number of nitrogen functional groups attached to an aromatic ring is 1. The average Bonchev–Trinajstić information content (AvgIpc) is 3.16. The lowest BCUT2D eigenvalue weighted by atomic mass is 9.88. The van der Waals surface area contributed by atoms with E-state index in [2.05, 4.69) is 48.1 Å². The number of hydrogen-bond acceptors (Lipinski definition) is 4. The van der Waals surface area contributed by atoms with Crippen molar-refractivity contribution in [3.8, 4) is 0 Å². The molecular weight excluding hydrogens is 386 g/mol. The summed E-state index contributed by atoms with van der Waals surface area (Å²) in [6.07, 6.45) is 4.36. The molecule has 4 N–H and O–H groups in total. The van der Waals surface area contributed by atoms with Crippen LogP contribution in [0.5, 0.6) is 0 Å². The van der Waals surface area contributed by atoms with Crippen LogP contribution in [0.4, 0.5) is 5.69 Å². The molecule has 1 fully saturated rings. The van der Waals surface area contributed by atoms with Crippen molar-refractivity contribution in [2.45, 2.75) is 45.6 Å². The number of hydrogen-bond donors (Lipinski definition) is 2. The van der Waals surface area contributed by atoms with Crippen LogP contribution in [0.15, 0.2) is 42.5 Å². The van der Waals surface area contributed by atoms with E-state index in [4.69, 9.17) is 11.5 Å². The molecule has 1 aromatic heterocycles. The van der Waals surface area contributed by atoms with Crippen molar-refractivity contribution in [2.75, 3.05) is 25.4 Å². The van der Waals surface area contributed by atoms with Gasteiger partial charge in [0, 0.05) is 23.7 Å². The number of amides is 1. The predicted molar refractivity (Wildman–Crippen MR) is 126 cm³/mol. The first kappa shape index (κ1) is 21.4. The zero-order chi connectivity index (χ0) is 22.0. The van der Waals surface area contributed by atoms with E-state index < -0.39 is 5.91 Å². The van der Waals surface area contributed by atoms with Crippen molar-refractivity contribution in [1.29, 1.82) is 0 Å². The van der Waals surface area contributed by atoms with Crippen molar-refractivity contribution >= 4 is 22.5 Å². The summed E-state index contributed by atoms with van der Waals surface area (Å²) in [6.45, 7) is 7.46. The van der Waals surface area contributed by atoms with E-state index in [0.717, 1.165) is 49.1 Å². The van der Waals surface area contributed by atoms with E-state index in [0.29, 0.717) is 11.6 Å². The first-order valence-corrected chi connectivity index (χ1v) is 11.3. The summed E-state index contributed by atoms with van der Waals surface area (Å²) in [6, 6.07) is 14.6. The summed E-state index contributed by atoms with van der Waals surface area (Å²) in [5.41, 5.74) is 16.2. The minimum Gasteiger partial charge on any atom is -0.399 e. The quantitative estimate of drug-likeness (QED) is 0.570. The Morgan fingerprint density at radius 1 is 1.13 bits per heavy atom. The van der Waals surface area contributed by atoms with Gasteiger partial charge in [-0.15, -0.1) is 0 Å². The Morgan fingerprint density at radius 3 is 2.48 bits per heavy atom. The monoisotopic (exact) mass is 419 g/mol. The van der Waals surface area contributed by atoms with E-state index in [1.54, 1.807) is 0 Å². The lowest BCUT2D eigenvalue weighted by molar-refractivity contribution is 0.0996. The van der Waals surface area contributed by atoms with Gasteiger partial charge in [-0.25, -0.2) is 0 Å². The molecule has 2 heterocycles. The summed E-state index contributed by atoms with van der Waals surface area (Å²) in [7, 11) is 0. The SMILES string of the molecule is CC(C)n1nc(C(N)=O)c2c(CC3CCN(CCc4ccc(N)cc4)CC3)cccc21. The fourth-order valence-corrected chi connectivity index (χ4v) is 4.70. The van der Waals surface area contributed by atoms with Crippen LogP contribution in [0, 0.1) is 5.92 Å². The molecule has 1 saturated heterocycles. The van der Waals surface area contributed by atoms with Crippen LogP contribution in [0.3, 0.4) is 0 Å². The zero-order valence-electron chi connectivity index (χ0n) is 18.6. The highest BCUT2D eigenvalue weighted by Gasteiger charge is 2.23. The third-order valence-electron chi connectivity index (χ3n) is 6.45. The Labute approximate surface area is 184 Å². The third kappa shape index (κ3) is 4.74. The standard InChI is InChI=1S/C25H33N5O/c1-17(2)30-22-5-3-4-20(23(22)24(28-30)25(27)31)16-19-11-14-29(15-12-19)13-10-18-6-8-21(26)9-7-18/h3-9,17,19H,10-16,26H2,1-2H3,(H2,27,31). The number of nitrogens with two attached hydrogens (primary N) is 2. The van der Waals surface area contributed by atoms with Gasteiger partial charge in [-0.2, -0.15) is 5.10 Å². The molecule has 0 spiro atoms. The van der Waals surface area contributed by atoms with E-state index in [1.807, 2.05) is 22.9 Å². The molecule has 0 saturated carbocycles. The van der Waals surface area contributed by atoms with Gasteiger partial charge >= 0.3 is 0 Å². The van der Waals surface area contributed by atoms with E-state index >= 15 is 0 Å². The molecule has 31 heavy (non-hydrogen) atoms. The average molecular weight is 420 g/mol. The molecule has 0 aliphatic carbocycles. The van der Waals surface area contributed by atoms with Gasteiger partial charge in [0.05, 0.1) is 5.52 Å². The Morgan fingerprint density at radius 2 is 1.84 bits per heavy atom. The fraction of sp³-hybridized carbons (Fsp3) is 0.440. The maximum atomic E-state index is 12.1. The molecule has 0 bridgehead atoms. The third-order valence-corrected chi connectivity index (χ3v) is 6.45. The van der Waals surface area contributed by atoms with E-state index in [-0.39, 0.29) is 6.04 Å². The Hall–Kier alpha value is -2.86. The van der Waals surface area contributed by atoms with Crippen LogP contribution in [-0.2, 0) is 12.8 Å². The van der Waals surface area contributed by atoms with Crippen LogP contribution < -0.4 is 11.5 Å². The highest BCUT2D eigenvalue weighted by molar-refractivity contribution is 6.05. The molecule has 6 heteroatoms. The van der Waals surface area contributed by atoms with Gasteiger partial charge in [-0.1, -0.05) is 24.3 Å². The molecule has 6 nitrogen and oxygen atoms in total. The molecule has 0 atom stereocenters. The fourth-order valence-electron chi connectivity index (χ4n) is 4.70. The molecule has 164 valence electrons. The number of aromatic nitrogens is 2. The second kappa shape index (κ2) is 9.10. The highest BCUT2D eigenvalue weighted by Crippen LogP contribution is 2.30. The van der Waals surface area contributed by atoms with E-state index in [9.17, 15) is 4.79 Å². The molecule has 4 rings (SSSR count). The topological polar surface area (TPSA) is 90.2 Å². The van der Waals surface area contributed by atoms with E-state index in [1.165, 1.54) is 24.0 Å². The normalized spacial score (nSPS) is 15.7. The van der Waals surface area contributed by atoms with Crippen molar-refractivity contribution < 1.29 is 4.79 Å². The minimum atomic E-state index is -0.450. The maximum absolute atomic E-state index is 12.1. The first-order chi connectivity index (χ1) is 14.9. The Bertz CT molecular complexity index is 1050. The molecule has 1 aliphatic heterocycles. The molecule has 2 aromatic carbocycles. The van der Waals surface area contributed by atoms with Gasteiger partial charge in [0.1, 0.15) is 0 Å². The number of piperidine rings is 1. The van der Waals surface area contributed by atoms with Crippen LogP contribution in [0.1, 0.15) is 54.3 Å². The number of primary amides is 1. The lowest BCUT2D eigenvalue weighted by Gasteiger charge is -2.32. The Balaban J connectivity index is 1.41. The predicted octanol–water partition coefficient (Wildman–Crippen LogP) is 3.80. The van der Waals surface area contributed by atoms with Gasteiger partial charge in [0.25, 0.3) is 5.91 Å². The second-order valence-corrected chi connectivity index (χ2v) is 9.04. The van der Waals surface area contributed by atoms with Crippen LogP contribution in [-0.4, -0.2) is 40.2 Å². The number of anilines is 1. The molecule has 0 unspecified atom stereocenters. The minimum absolute atomic E-state index is 0.176. The van der Waals surface area contributed by atoms with Gasteiger partial charge in [-0.05, 0) is 87.9 Å². The Kier molecular flexibility index (Phi) is 6.28. The van der Waals surface area contributed by atoms with Gasteiger partial charge in [0.15, 0.2) is 5.69 Å². The maximum Gasteiger partial charge on any atom is 0.269 e. The van der Waals surface area contributed by atoms with Gasteiger partial charge < -0.3 is 16.4 Å². The molecule has 1 amide bonds. The van der Waals surface area contributed by atoms with Gasteiger partial charge in [-0.3, -0.25) is 9.48 Å². The number of rotatable bonds is 7. The number of carbonyl (C=O) groups is 1. The zero-order valence-corrected chi connectivity index (χ0v) is 18.6. The summed E-state index contributed by atoms with van der Waals surface area (Å²) in [4.78, 5) is 14.6. The summed E-state index contributed by atoms with van der Waals surface area (Å²) >= 11 is 0. The number of fused-ring (bicyclic) bond motifs is 1. The molecule has 3 aromatic rings. The summed E-state index contributed by atoms with van der Waals surface area (Å²) in [5, 5.41) is 5.48. The molecule has 1 aliphatic rings. The largest absolute Gasteiger partial charge is 0.399 e. The van der Waals surface area contributed by atoms with Crippen molar-refractivity contribution in [2.24, 2.45) is 11.7 Å². The van der Waals surface area contributed by atoms with Crippen LogP contribution >= 0.6 is 0 Å². The highest BCUT2D eigenvalue weighted by atomic mass is 16.1. The number of benzene rings is 2. The molecule has 0 radical (unpaired) electrons. The number of likely N-dealkylation sites (tertiary alicyclic amines) is 1. The lowest BCUT2D eigenvalue weighted by Crippen LogP contribution is -2.35. The van der Waals surface area contributed by atoms with Gasteiger partial charge in [0.2, 0.25) is 0 Å². The number of carbonyl (C=O) groups excluding carboxylic acids is 1. The smallest absolute Gasteiger partial charge is 0.269 e. The summed E-state index contributed by atoms with van der Waals surface area (Å²) in [5.74, 6) is 0.163. The first-order valence-electron chi connectivity index (χ1n) is 11.3. The summed E-state index contributed by atoms with van der Waals surface area (Å²) < 4.78 is 1.92. The van der Waals surface area contributed by atoms with Crippen LogP contribution in [0.2, 0.25) is 0 Å². The van der Waals surface area contributed by atoms with Crippen molar-refractivity contribution in [1.82, 2.24) is 14.7 Å². The van der Waals surface area contributed by atoms with Crippen molar-refractivity contribution in [3.05, 3.63) is 59.3 Å². The number of nitrogens with zero attached hydrogens (tertiary/aromatic N) is 3. The van der Waals surface area contributed by atoms with Crippen molar-refractivity contribution in [3.63, 3.8) is 0 Å².